The van der Waals surface area contributed by atoms with Crippen LogP contribution in [-0.2, 0) is 4.74 Å². The van der Waals surface area contributed by atoms with E-state index in [1.807, 2.05) is 11.8 Å². The Morgan fingerprint density at radius 2 is 2.50 bits per heavy atom. The Bertz CT molecular complexity index is 405. The first-order valence-electron chi connectivity index (χ1n) is 6.08. The van der Waals surface area contributed by atoms with E-state index < -0.39 is 0 Å². The summed E-state index contributed by atoms with van der Waals surface area (Å²) in [7, 11) is 0. The highest BCUT2D eigenvalue weighted by Gasteiger charge is 2.26. The van der Waals surface area contributed by atoms with Crippen LogP contribution in [0.4, 0.5) is 10.2 Å². The zero-order valence-electron chi connectivity index (χ0n) is 10.3. The predicted molar refractivity (Wildman–Crippen MR) is 72.4 cm³/mol. The van der Waals surface area contributed by atoms with Crippen molar-refractivity contribution in [1.29, 1.82) is 0 Å². The summed E-state index contributed by atoms with van der Waals surface area (Å²) in [5, 5.41) is 3.27. The van der Waals surface area contributed by atoms with Crippen LogP contribution in [0.25, 0.3) is 0 Å². The summed E-state index contributed by atoms with van der Waals surface area (Å²) in [6, 6.07) is 1.57. The third-order valence-corrected chi connectivity index (χ3v) is 3.35. The molecule has 4 nitrogen and oxygen atoms in total. The van der Waals surface area contributed by atoms with Crippen molar-refractivity contribution >= 4 is 21.7 Å². The first-order chi connectivity index (χ1) is 8.72. The normalized spacial score (nSPS) is 20.2. The summed E-state index contributed by atoms with van der Waals surface area (Å²) in [6.45, 7) is 5.59. The van der Waals surface area contributed by atoms with Crippen LogP contribution in [0.5, 0.6) is 0 Å². The van der Waals surface area contributed by atoms with Crippen LogP contribution in [0.15, 0.2) is 16.7 Å². The third kappa shape index (κ3) is 3.18. The van der Waals surface area contributed by atoms with Crippen LogP contribution in [0.2, 0.25) is 0 Å². The fraction of sp³-hybridized carbons (Fsp3) is 0.583. The highest BCUT2D eigenvalue weighted by Crippen LogP contribution is 2.23. The fourth-order valence-corrected chi connectivity index (χ4v) is 2.34. The van der Waals surface area contributed by atoms with E-state index in [2.05, 4.69) is 26.2 Å². The molecular formula is C12H17BrFN3O. The molecular weight excluding hydrogens is 301 g/mol. The number of ether oxygens (including phenoxy) is 1. The number of likely N-dealkylation sites (N-methyl/N-ethyl adjacent to an activating group) is 1. The molecule has 0 radical (unpaired) electrons. The summed E-state index contributed by atoms with van der Waals surface area (Å²) in [4.78, 5) is 6.16. The number of nitrogens with one attached hydrogen (secondary N) is 1. The highest BCUT2D eigenvalue weighted by molar-refractivity contribution is 9.10. The Balaban J connectivity index is 2.16. The summed E-state index contributed by atoms with van der Waals surface area (Å²) in [5.74, 6) is 0.108. The second-order valence-electron chi connectivity index (χ2n) is 4.19. The minimum absolute atomic E-state index is 0.127. The van der Waals surface area contributed by atoms with E-state index in [0.29, 0.717) is 30.0 Å². The molecule has 2 heterocycles. The fourth-order valence-electron chi connectivity index (χ4n) is 2.03. The van der Waals surface area contributed by atoms with Crippen molar-refractivity contribution in [2.45, 2.75) is 13.0 Å². The maximum absolute atomic E-state index is 13.9. The standard InChI is InChI=1S/C12H17BrFN3O/c1-2-15-7-10-8-18-4-3-17(10)12-11(14)5-9(13)6-16-12/h5-6,10,15H,2-4,7-8H2,1H3. The first-order valence-corrected chi connectivity index (χ1v) is 6.87. The van der Waals surface area contributed by atoms with Crippen LogP contribution >= 0.6 is 15.9 Å². The predicted octanol–water partition coefficient (Wildman–Crippen LogP) is 1.80. The van der Waals surface area contributed by atoms with E-state index in [0.717, 1.165) is 13.1 Å². The van der Waals surface area contributed by atoms with Gasteiger partial charge in [-0.1, -0.05) is 6.92 Å². The van der Waals surface area contributed by atoms with Crippen molar-refractivity contribution in [3.63, 3.8) is 0 Å². The van der Waals surface area contributed by atoms with Gasteiger partial charge in [0.15, 0.2) is 11.6 Å². The second kappa shape index (κ2) is 6.45. The molecule has 100 valence electrons. The Labute approximate surface area is 115 Å². The molecule has 0 saturated carbocycles. The number of pyridine rings is 1. The SMILES string of the molecule is CCNCC1COCCN1c1ncc(Br)cc1F. The number of aromatic nitrogens is 1. The van der Waals surface area contributed by atoms with Gasteiger partial charge in [-0.15, -0.1) is 0 Å². The molecule has 0 spiro atoms. The van der Waals surface area contributed by atoms with Gasteiger partial charge in [0.25, 0.3) is 0 Å². The molecule has 1 N–H and O–H groups in total. The van der Waals surface area contributed by atoms with Gasteiger partial charge in [0, 0.05) is 23.8 Å². The molecule has 0 aliphatic carbocycles. The van der Waals surface area contributed by atoms with Crippen LogP contribution in [0.1, 0.15) is 6.92 Å². The molecule has 1 saturated heterocycles. The number of hydrogen-bond donors (Lipinski definition) is 1. The van der Waals surface area contributed by atoms with Gasteiger partial charge in [0.1, 0.15) is 0 Å². The zero-order valence-corrected chi connectivity index (χ0v) is 11.9. The van der Waals surface area contributed by atoms with E-state index in [9.17, 15) is 4.39 Å². The topological polar surface area (TPSA) is 37.4 Å². The molecule has 0 bridgehead atoms. The van der Waals surface area contributed by atoms with Crippen molar-refractivity contribution in [2.24, 2.45) is 0 Å². The summed E-state index contributed by atoms with van der Waals surface area (Å²) < 4.78 is 20.0. The van der Waals surface area contributed by atoms with Crippen molar-refractivity contribution < 1.29 is 9.13 Å². The first kappa shape index (κ1) is 13.7. The number of halogens is 2. The quantitative estimate of drug-likeness (QED) is 0.919. The van der Waals surface area contributed by atoms with Crippen molar-refractivity contribution in [3.05, 3.63) is 22.6 Å². The number of nitrogens with zero attached hydrogens (tertiary/aromatic N) is 2. The average molecular weight is 318 g/mol. The van der Waals surface area contributed by atoms with E-state index in [1.165, 1.54) is 6.07 Å². The Morgan fingerprint density at radius 3 is 3.22 bits per heavy atom. The van der Waals surface area contributed by atoms with Gasteiger partial charge in [-0.05, 0) is 28.5 Å². The van der Waals surface area contributed by atoms with E-state index >= 15 is 0 Å². The van der Waals surface area contributed by atoms with Crippen LogP contribution < -0.4 is 10.2 Å². The number of anilines is 1. The minimum atomic E-state index is -0.298. The Morgan fingerprint density at radius 1 is 1.67 bits per heavy atom. The Kier molecular flexibility index (Phi) is 4.91. The molecule has 6 heteroatoms. The maximum Gasteiger partial charge on any atom is 0.166 e. The second-order valence-corrected chi connectivity index (χ2v) is 5.10. The van der Waals surface area contributed by atoms with Gasteiger partial charge in [-0.3, -0.25) is 0 Å². The molecule has 1 fully saturated rings. The highest BCUT2D eigenvalue weighted by atomic mass is 79.9. The van der Waals surface area contributed by atoms with Crippen LogP contribution in [0, 0.1) is 5.82 Å². The molecule has 2 rings (SSSR count). The lowest BCUT2D eigenvalue weighted by Gasteiger charge is -2.36. The molecule has 18 heavy (non-hydrogen) atoms. The van der Waals surface area contributed by atoms with Gasteiger partial charge in [-0.25, -0.2) is 9.37 Å². The third-order valence-electron chi connectivity index (χ3n) is 2.92. The van der Waals surface area contributed by atoms with E-state index in [-0.39, 0.29) is 11.9 Å². The van der Waals surface area contributed by atoms with Crippen molar-refractivity contribution in [1.82, 2.24) is 10.3 Å². The van der Waals surface area contributed by atoms with Crippen LogP contribution in [-0.4, -0.2) is 43.9 Å². The summed E-state index contributed by atoms with van der Waals surface area (Å²) in [6.07, 6.45) is 1.62. The number of hydrogen-bond acceptors (Lipinski definition) is 4. The number of rotatable bonds is 4. The van der Waals surface area contributed by atoms with Gasteiger partial charge >= 0.3 is 0 Å². The largest absolute Gasteiger partial charge is 0.377 e. The average Bonchev–Trinajstić information content (AvgIpc) is 2.37. The molecule has 1 aliphatic heterocycles. The molecule has 1 aliphatic rings. The zero-order chi connectivity index (χ0) is 13.0. The van der Waals surface area contributed by atoms with Crippen LogP contribution in [0.3, 0.4) is 0 Å². The van der Waals surface area contributed by atoms with E-state index in [1.54, 1.807) is 6.20 Å². The molecule has 1 aromatic heterocycles. The smallest absolute Gasteiger partial charge is 0.166 e. The van der Waals surface area contributed by atoms with Gasteiger partial charge in [0.2, 0.25) is 0 Å². The lowest BCUT2D eigenvalue weighted by molar-refractivity contribution is 0.0931. The van der Waals surface area contributed by atoms with Gasteiger partial charge in [0.05, 0.1) is 19.3 Å². The molecule has 1 atom stereocenters. The molecule has 1 aromatic rings. The Hall–Kier alpha value is -0.720. The maximum atomic E-state index is 13.9. The lowest BCUT2D eigenvalue weighted by atomic mass is 10.2. The summed E-state index contributed by atoms with van der Waals surface area (Å²) in [5.41, 5.74) is 0. The van der Waals surface area contributed by atoms with Crippen molar-refractivity contribution in [3.8, 4) is 0 Å². The minimum Gasteiger partial charge on any atom is -0.377 e. The summed E-state index contributed by atoms with van der Waals surface area (Å²) >= 11 is 3.22. The lowest BCUT2D eigenvalue weighted by Crippen LogP contribution is -2.51. The van der Waals surface area contributed by atoms with Gasteiger partial charge < -0.3 is 15.0 Å². The van der Waals surface area contributed by atoms with Gasteiger partial charge in [-0.2, -0.15) is 0 Å². The molecule has 0 amide bonds. The van der Waals surface area contributed by atoms with E-state index in [4.69, 9.17) is 4.74 Å². The van der Waals surface area contributed by atoms with Crippen molar-refractivity contribution in [2.75, 3.05) is 37.7 Å². The molecule has 1 unspecified atom stereocenters. The molecule has 0 aromatic carbocycles. The monoisotopic (exact) mass is 317 g/mol. The number of morpholine rings is 1.